The third-order valence-corrected chi connectivity index (χ3v) is 0.691. The molecule has 1 aromatic heterocycles. The van der Waals surface area contributed by atoms with E-state index in [9.17, 15) is 0 Å². The van der Waals surface area contributed by atoms with Gasteiger partial charge in [-0.05, 0) is 6.05 Å². The number of aromatic nitrogens is 2. The van der Waals surface area contributed by atoms with Crippen LogP contribution in [0.2, 0.25) is 0 Å². The van der Waals surface area contributed by atoms with Gasteiger partial charge in [-0.2, -0.15) is 0 Å². The van der Waals surface area contributed by atoms with Crippen molar-refractivity contribution in [3.63, 3.8) is 0 Å². The van der Waals surface area contributed by atoms with Gasteiger partial charge in [-0.25, -0.2) is 0 Å². The van der Waals surface area contributed by atoms with Crippen LogP contribution in [0.25, 0.3) is 6.05 Å². The first-order chi connectivity index (χ1) is 5.22. The minimum Gasteiger partial charge on any atom is -0.261 e. The molecule has 8 heavy (non-hydrogen) atoms. The van der Waals surface area contributed by atoms with Crippen LogP contribution in [0.15, 0.2) is 25.1 Å². The average molecular weight is 109 g/mol. The molecule has 0 spiro atoms. The molecule has 0 bridgehead atoms. The van der Waals surface area contributed by atoms with Crippen LogP contribution >= 0.6 is 0 Å². The Morgan fingerprint density at radius 2 is 2.88 bits per heavy atom. The molecule has 0 aliphatic rings. The van der Waals surface area contributed by atoms with E-state index in [1.165, 1.54) is 18.6 Å². The highest BCUT2D eigenvalue weighted by atomic mass is 14.7. The highest BCUT2D eigenvalue weighted by molar-refractivity contribution is 5.38. The molecule has 1 aromatic rings. The molecule has 0 fully saturated rings. The Bertz CT molecular complexity index is 266. The highest BCUT2D eigenvalue weighted by Crippen LogP contribution is 1.88. The van der Waals surface area contributed by atoms with Gasteiger partial charge in [0.2, 0.25) is 0 Å². The fourth-order valence-electron chi connectivity index (χ4n) is 0.364. The Labute approximate surface area is 52.1 Å². The molecule has 0 N–H and O–H groups in total. The molecule has 2 nitrogen and oxygen atoms in total. The van der Waals surface area contributed by atoms with Crippen molar-refractivity contribution in [3.05, 3.63) is 30.8 Å². The molecule has 0 saturated carbocycles. The summed E-state index contributed by atoms with van der Waals surface area (Å²) in [5.74, 6) is 0. The number of rotatable bonds is 1. The van der Waals surface area contributed by atoms with E-state index in [1.807, 2.05) is 0 Å². The van der Waals surface area contributed by atoms with Gasteiger partial charge in [0.05, 0.1) is 16.0 Å². The van der Waals surface area contributed by atoms with E-state index in [1.54, 1.807) is 0 Å². The zero-order chi connectivity index (χ0) is 8.27. The molecule has 0 aliphatic heterocycles. The maximum Gasteiger partial charge on any atom is 0.0807 e. The van der Waals surface area contributed by atoms with Crippen LogP contribution in [0.3, 0.4) is 0 Å². The summed E-state index contributed by atoms with van der Waals surface area (Å²) < 4.78 is 20.8. The lowest BCUT2D eigenvalue weighted by atomic mass is 10.5. The standard InChI is InChI=1S/C6H6N2/c1-2-6-5-7-3-4-8-6/h2-5H,1H2/i1D2,2D. The second-order valence-electron chi connectivity index (χ2n) is 1.22. The summed E-state index contributed by atoms with van der Waals surface area (Å²) >= 11 is 0. The lowest BCUT2D eigenvalue weighted by Gasteiger charge is -1.83. The van der Waals surface area contributed by atoms with Gasteiger partial charge in [0.1, 0.15) is 0 Å². The van der Waals surface area contributed by atoms with Gasteiger partial charge in [0, 0.05) is 12.4 Å². The minimum absolute atomic E-state index is 0.210. The second-order valence-corrected chi connectivity index (χ2v) is 1.22. The van der Waals surface area contributed by atoms with Crippen LogP contribution in [-0.4, -0.2) is 9.97 Å². The largest absolute Gasteiger partial charge is 0.261 e. The van der Waals surface area contributed by atoms with E-state index in [-0.39, 0.29) is 11.7 Å². The molecule has 0 atom stereocenters. The molecule has 1 rings (SSSR count). The molecule has 0 unspecified atom stereocenters. The zero-order valence-electron chi connectivity index (χ0n) is 7.13. The molecule has 0 radical (unpaired) electrons. The quantitative estimate of drug-likeness (QED) is 0.540. The van der Waals surface area contributed by atoms with Crippen molar-refractivity contribution in [1.82, 2.24) is 9.97 Å². The van der Waals surface area contributed by atoms with Crippen molar-refractivity contribution in [1.29, 1.82) is 0 Å². The van der Waals surface area contributed by atoms with Gasteiger partial charge < -0.3 is 0 Å². The van der Waals surface area contributed by atoms with E-state index in [0.29, 0.717) is 0 Å². The molecule has 2 heteroatoms. The molecule has 0 amide bonds. The first-order valence-electron chi connectivity index (χ1n) is 3.62. The monoisotopic (exact) mass is 109 g/mol. The maximum absolute atomic E-state index is 7.17. The molecule has 0 aliphatic carbocycles. The average Bonchev–Trinajstić information content (AvgIpc) is 2.05. The van der Waals surface area contributed by atoms with Crippen molar-refractivity contribution >= 4 is 6.05 Å². The number of nitrogens with zero attached hydrogens (tertiary/aromatic N) is 2. The lowest BCUT2D eigenvalue weighted by molar-refractivity contribution is 1.18. The molecule has 0 aromatic carbocycles. The van der Waals surface area contributed by atoms with E-state index >= 15 is 0 Å². The van der Waals surface area contributed by atoms with Gasteiger partial charge in [0.25, 0.3) is 0 Å². The Morgan fingerprint density at radius 1 is 1.88 bits per heavy atom. The molecular weight excluding hydrogens is 100 g/mol. The Morgan fingerprint density at radius 3 is 3.50 bits per heavy atom. The van der Waals surface area contributed by atoms with Crippen molar-refractivity contribution in [2.24, 2.45) is 0 Å². The molecule has 40 valence electrons. The summed E-state index contributed by atoms with van der Waals surface area (Å²) in [5, 5.41) is 0. The van der Waals surface area contributed by atoms with Gasteiger partial charge in [-0.1, -0.05) is 6.53 Å². The Balaban J connectivity index is 3.04. The van der Waals surface area contributed by atoms with Crippen LogP contribution in [0.5, 0.6) is 0 Å². The van der Waals surface area contributed by atoms with Crippen LogP contribution in [0.4, 0.5) is 0 Å². The van der Waals surface area contributed by atoms with Gasteiger partial charge in [-0.15, -0.1) is 0 Å². The topological polar surface area (TPSA) is 25.8 Å². The normalized spacial score (nSPS) is 13.2. The molecule has 1 heterocycles. The van der Waals surface area contributed by atoms with E-state index < -0.39 is 6.53 Å². The van der Waals surface area contributed by atoms with Crippen LogP contribution in [0.1, 0.15) is 9.81 Å². The lowest BCUT2D eigenvalue weighted by Crippen LogP contribution is -1.77. The van der Waals surface area contributed by atoms with Crippen molar-refractivity contribution in [2.45, 2.75) is 0 Å². The third kappa shape index (κ3) is 0.904. The summed E-state index contributed by atoms with van der Waals surface area (Å²) in [4.78, 5) is 7.46. The summed E-state index contributed by atoms with van der Waals surface area (Å²) in [6.07, 6.45) is 4.25. The zero-order valence-corrected chi connectivity index (χ0v) is 4.13. The Kier molecular flexibility index (Phi) is 0.662. The fourth-order valence-corrected chi connectivity index (χ4v) is 0.364. The molecular formula is C6H6N2. The van der Waals surface area contributed by atoms with E-state index in [4.69, 9.17) is 4.11 Å². The first kappa shape index (κ1) is 2.40. The van der Waals surface area contributed by atoms with Crippen molar-refractivity contribution in [2.75, 3.05) is 0 Å². The van der Waals surface area contributed by atoms with Gasteiger partial charge >= 0.3 is 0 Å². The predicted molar refractivity (Wildman–Crippen MR) is 32.1 cm³/mol. The van der Waals surface area contributed by atoms with Gasteiger partial charge in [-0.3, -0.25) is 9.97 Å². The number of hydrogen-bond acceptors (Lipinski definition) is 2. The minimum atomic E-state index is -0.550. The van der Waals surface area contributed by atoms with Crippen LogP contribution in [0, 0.1) is 0 Å². The van der Waals surface area contributed by atoms with Crippen molar-refractivity contribution < 1.29 is 4.11 Å². The Hall–Kier alpha value is -1.18. The summed E-state index contributed by atoms with van der Waals surface area (Å²) in [6.45, 7) is -0.550. The van der Waals surface area contributed by atoms with Crippen LogP contribution in [-0.2, 0) is 0 Å². The predicted octanol–water partition coefficient (Wildman–Crippen LogP) is 1.12. The molecule has 0 saturated heterocycles. The fraction of sp³-hybridized carbons (Fsp3) is 0. The maximum atomic E-state index is 7.17. The van der Waals surface area contributed by atoms with E-state index in [0.717, 1.165) is 0 Å². The first-order valence-corrected chi connectivity index (χ1v) is 2.12. The van der Waals surface area contributed by atoms with E-state index in [2.05, 4.69) is 9.97 Å². The van der Waals surface area contributed by atoms with Crippen molar-refractivity contribution in [3.8, 4) is 0 Å². The summed E-state index contributed by atoms with van der Waals surface area (Å²) in [7, 11) is 0. The number of hydrogen-bond donors (Lipinski definition) is 0. The second kappa shape index (κ2) is 2.21. The van der Waals surface area contributed by atoms with Gasteiger partial charge in [0.15, 0.2) is 0 Å². The third-order valence-electron chi connectivity index (χ3n) is 0.691. The van der Waals surface area contributed by atoms with Crippen LogP contribution < -0.4 is 0 Å². The summed E-state index contributed by atoms with van der Waals surface area (Å²) in [5.41, 5.74) is 0.257. The SMILES string of the molecule is [2H]C([2H])=C([2H])c1cnccn1. The summed E-state index contributed by atoms with van der Waals surface area (Å²) in [6, 6.07) is -0.210. The highest BCUT2D eigenvalue weighted by Gasteiger charge is 1.78. The smallest absolute Gasteiger partial charge is 0.0807 e.